The minimum absolute atomic E-state index is 0.381. The van der Waals surface area contributed by atoms with Crippen molar-refractivity contribution in [1.82, 2.24) is 0 Å². The van der Waals surface area contributed by atoms with Gasteiger partial charge in [0.05, 0.1) is 5.92 Å². The zero-order valence-corrected chi connectivity index (χ0v) is 18.3. The van der Waals surface area contributed by atoms with Crippen LogP contribution < -0.4 is 0 Å². The van der Waals surface area contributed by atoms with E-state index in [1.807, 2.05) is 97.2 Å². The molecule has 0 saturated carbocycles. The van der Waals surface area contributed by atoms with Crippen LogP contribution in [0.3, 0.4) is 0 Å². The average molecular weight is 428 g/mol. The molecule has 0 aromatic heterocycles. The molecule has 0 amide bonds. The summed E-state index contributed by atoms with van der Waals surface area (Å²) in [5.74, 6) is -0.381. The standard InChI is InChI=1S/C31H25NO/c33-31(28-20-8-3-9-21-28,32-23-27-19-12-18-24-13-10-11-22-29(24)27)30(25-14-4-1-5-15-25)26-16-6-2-7-17-26/h1-23,30,33H/b32-23-/t31-/m1/s1. The first-order valence-corrected chi connectivity index (χ1v) is 11.2. The summed E-state index contributed by atoms with van der Waals surface area (Å²) in [7, 11) is 0. The molecular formula is C31H25NO. The first-order valence-electron chi connectivity index (χ1n) is 11.2. The Hall–Kier alpha value is -4.01. The zero-order valence-electron chi connectivity index (χ0n) is 18.3. The van der Waals surface area contributed by atoms with Crippen molar-refractivity contribution >= 4 is 17.0 Å². The Balaban J connectivity index is 1.71. The molecule has 5 rings (SSSR count). The summed E-state index contributed by atoms with van der Waals surface area (Å²) in [4.78, 5) is 4.93. The van der Waals surface area contributed by atoms with E-state index in [1.54, 1.807) is 0 Å². The molecule has 0 aliphatic heterocycles. The second kappa shape index (κ2) is 9.23. The van der Waals surface area contributed by atoms with Gasteiger partial charge in [0.2, 0.25) is 0 Å². The molecule has 0 fully saturated rings. The topological polar surface area (TPSA) is 32.6 Å². The van der Waals surface area contributed by atoms with Gasteiger partial charge in [-0.15, -0.1) is 0 Å². The van der Waals surface area contributed by atoms with Crippen molar-refractivity contribution in [3.63, 3.8) is 0 Å². The molecule has 0 saturated heterocycles. The van der Waals surface area contributed by atoms with Crippen LogP contribution in [0.4, 0.5) is 0 Å². The molecule has 0 unspecified atom stereocenters. The number of hydrogen-bond donors (Lipinski definition) is 1. The molecule has 2 nitrogen and oxygen atoms in total. The molecule has 0 radical (unpaired) electrons. The van der Waals surface area contributed by atoms with Crippen LogP contribution in [0.25, 0.3) is 10.8 Å². The SMILES string of the molecule is O[C@](/N=C\c1cccc2ccccc12)(c1ccccc1)C(c1ccccc1)c1ccccc1. The summed E-state index contributed by atoms with van der Waals surface area (Å²) in [5.41, 5.74) is 2.23. The normalized spacial score (nSPS) is 13.4. The van der Waals surface area contributed by atoms with Gasteiger partial charge in [0.25, 0.3) is 0 Å². The molecule has 2 heteroatoms. The quantitative estimate of drug-likeness (QED) is 0.293. The smallest absolute Gasteiger partial charge is 0.193 e. The van der Waals surface area contributed by atoms with E-state index in [9.17, 15) is 5.11 Å². The Labute approximate surface area is 194 Å². The Bertz CT molecular complexity index is 1320. The summed E-state index contributed by atoms with van der Waals surface area (Å²) < 4.78 is 0. The van der Waals surface area contributed by atoms with Crippen LogP contribution in [0.2, 0.25) is 0 Å². The van der Waals surface area contributed by atoms with Crippen LogP contribution >= 0.6 is 0 Å². The molecule has 0 aliphatic rings. The summed E-state index contributed by atoms with van der Waals surface area (Å²) in [5, 5.41) is 14.6. The minimum Gasteiger partial charge on any atom is -0.365 e. The minimum atomic E-state index is -1.50. The van der Waals surface area contributed by atoms with E-state index < -0.39 is 5.72 Å². The fourth-order valence-electron chi connectivity index (χ4n) is 4.48. The van der Waals surface area contributed by atoms with E-state index in [-0.39, 0.29) is 5.92 Å². The maximum absolute atomic E-state index is 12.4. The summed E-state index contributed by atoms with van der Waals surface area (Å²) in [6.45, 7) is 0. The van der Waals surface area contributed by atoms with Gasteiger partial charge in [-0.3, -0.25) is 4.99 Å². The van der Waals surface area contributed by atoms with Crippen molar-refractivity contribution in [2.75, 3.05) is 0 Å². The van der Waals surface area contributed by atoms with Gasteiger partial charge in [-0.25, -0.2) is 0 Å². The Morgan fingerprint density at radius 1 is 0.576 bits per heavy atom. The lowest BCUT2D eigenvalue weighted by Gasteiger charge is -2.34. The van der Waals surface area contributed by atoms with E-state index in [0.29, 0.717) is 0 Å². The molecule has 0 spiro atoms. The fraction of sp³-hybridized carbons (Fsp3) is 0.0645. The zero-order chi connectivity index (χ0) is 22.5. The first-order chi connectivity index (χ1) is 16.3. The maximum atomic E-state index is 12.4. The molecule has 160 valence electrons. The number of fused-ring (bicyclic) bond motifs is 1. The monoisotopic (exact) mass is 427 g/mol. The molecule has 1 N–H and O–H groups in total. The van der Waals surface area contributed by atoms with E-state index in [2.05, 4.69) is 42.5 Å². The highest BCUT2D eigenvalue weighted by Crippen LogP contribution is 2.43. The van der Waals surface area contributed by atoms with Gasteiger partial charge in [-0.2, -0.15) is 0 Å². The van der Waals surface area contributed by atoms with Crippen molar-refractivity contribution < 1.29 is 5.11 Å². The number of nitrogens with zero attached hydrogens (tertiary/aromatic N) is 1. The van der Waals surface area contributed by atoms with Crippen molar-refractivity contribution in [3.05, 3.63) is 156 Å². The molecule has 0 heterocycles. The third-order valence-corrected chi connectivity index (χ3v) is 6.09. The fourth-order valence-corrected chi connectivity index (χ4v) is 4.48. The van der Waals surface area contributed by atoms with Crippen molar-refractivity contribution in [2.24, 2.45) is 4.99 Å². The molecule has 0 aliphatic carbocycles. The highest BCUT2D eigenvalue weighted by atomic mass is 16.3. The molecule has 0 bridgehead atoms. The number of hydrogen-bond acceptors (Lipinski definition) is 2. The van der Waals surface area contributed by atoms with Crippen LogP contribution in [-0.4, -0.2) is 11.3 Å². The van der Waals surface area contributed by atoms with Gasteiger partial charge in [0.1, 0.15) is 0 Å². The molecule has 5 aromatic carbocycles. The lowest BCUT2D eigenvalue weighted by molar-refractivity contribution is 0.0293. The van der Waals surface area contributed by atoms with Crippen LogP contribution in [0.1, 0.15) is 28.2 Å². The maximum Gasteiger partial charge on any atom is 0.193 e. The number of aliphatic hydroxyl groups is 1. The second-order valence-corrected chi connectivity index (χ2v) is 8.17. The lowest BCUT2D eigenvalue weighted by atomic mass is 9.79. The van der Waals surface area contributed by atoms with Gasteiger partial charge >= 0.3 is 0 Å². The van der Waals surface area contributed by atoms with Crippen LogP contribution in [0.15, 0.2) is 138 Å². The van der Waals surface area contributed by atoms with E-state index >= 15 is 0 Å². The Kier molecular flexibility index (Phi) is 5.84. The number of benzene rings is 5. The van der Waals surface area contributed by atoms with Gasteiger partial charge in [-0.1, -0.05) is 133 Å². The highest BCUT2D eigenvalue weighted by Gasteiger charge is 2.40. The predicted molar refractivity (Wildman–Crippen MR) is 137 cm³/mol. The summed E-state index contributed by atoms with van der Waals surface area (Å²) in [6, 6.07) is 44.3. The Morgan fingerprint density at radius 3 is 1.73 bits per heavy atom. The summed E-state index contributed by atoms with van der Waals surface area (Å²) >= 11 is 0. The Morgan fingerprint density at radius 2 is 1.09 bits per heavy atom. The second-order valence-electron chi connectivity index (χ2n) is 8.17. The van der Waals surface area contributed by atoms with Crippen molar-refractivity contribution in [2.45, 2.75) is 11.6 Å². The first kappa shape index (κ1) is 20.9. The largest absolute Gasteiger partial charge is 0.365 e. The number of aliphatic imine (C=N–C) groups is 1. The van der Waals surface area contributed by atoms with Gasteiger partial charge in [0.15, 0.2) is 5.72 Å². The van der Waals surface area contributed by atoms with Gasteiger partial charge in [-0.05, 0) is 21.9 Å². The van der Waals surface area contributed by atoms with Crippen LogP contribution in [0.5, 0.6) is 0 Å². The third-order valence-electron chi connectivity index (χ3n) is 6.09. The van der Waals surface area contributed by atoms with E-state index in [1.165, 1.54) is 0 Å². The third kappa shape index (κ3) is 4.21. The predicted octanol–water partition coefficient (Wildman–Crippen LogP) is 6.94. The molecular weight excluding hydrogens is 402 g/mol. The average Bonchev–Trinajstić information content (AvgIpc) is 2.89. The van der Waals surface area contributed by atoms with Crippen molar-refractivity contribution in [3.8, 4) is 0 Å². The number of rotatable bonds is 6. The van der Waals surface area contributed by atoms with Gasteiger partial charge < -0.3 is 5.11 Å². The van der Waals surface area contributed by atoms with Crippen molar-refractivity contribution in [1.29, 1.82) is 0 Å². The van der Waals surface area contributed by atoms with E-state index in [4.69, 9.17) is 4.99 Å². The van der Waals surface area contributed by atoms with Crippen LogP contribution in [0, 0.1) is 0 Å². The molecule has 5 aromatic rings. The van der Waals surface area contributed by atoms with E-state index in [0.717, 1.165) is 33.0 Å². The lowest BCUT2D eigenvalue weighted by Crippen LogP contribution is -2.33. The molecule has 1 atom stereocenters. The summed E-state index contributed by atoms with van der Waals surface area (Å²) in [6.07, 6.45) is 1.81. The van der Waals surface area contributed by atoms with Gasteiger partial charge in [0, 0.05) is 17.3 Å². The molecule has 33 heavy (non-hydrogen) atoms. The van der Waals surface area contributed by atoms with Crippen LogP contribution in [-0.2, 0) is 5.72 Å². The highest BCUT2D eigenvalue weighted by molar-refractivity contribution is 5.99.